The summed E-state index contributed by atoms with van der Waals surface area (Å²) in [5, 5.41) is 0.379. The van der Waals surface area contributed by atoms with Crippen LogP contribution in [0.15, 0.2) is 27.4 Å². The Hall–Kier alpha value is -2.96. The molecule has 2 aromatic heterocycles. The molecule has 0 bridgehead atoms. The smallest absolute Gasteiger partial charge is 0.341 e. The SMILES string of the molecule is CCOC(=O)c1cc2c(=O)c3cc(CCC4CCCC4)c(F)cc3oc2nc1N. The molecule has 1 fully saturated rings. The number of hydrogen-bond donors (Lipinski definition) is 1. The van der Waals surface area contributed by atoms with Crippen molar-refractivity contribution in [2.75, 3.05) is 12.3 Å². The van der Waals surface area contributed by atoms with Crippen LogP contribution >= 0.6 is 0 Å². The number of fused-ring (bicyclic) bond motifs is 2. The summed E-state index contributed by atoms with van der Waals surface area (Å²) >= 11 is 0. The van der Waals surface area contributed by atoms with Gasteiger partial charge in [-0.1, -0.05) is 25.7 Å². The van der Waals surface area contributed by atoms with Gasteiger partial charge in [0, 0.05) is 6.07 Å². The predicted molar refractivity (Wildman–Crippen MR) is 108 cm³/mol. The highest BCUT2D eigenvalue weighted by Gasteiger charge is 2.20. The summed E-state index contributed by atoms with van der Waals surface area (Å²) in [4.78, 5) is 29.1. The Morgan fingerprint density at radius 2 is 2.03 bits per heavy atom. The van der Waals surface area contributed by atoms with Crippen LogP contribution in [0.3, 0.4) is 0 Å². The van der Waals surface area contributed by atoms with E-state index >= 15 is 0 Å². The molecular formula is C22H23FN2O4. The molecule has 0 saturated heterocycles. The molecule has 0 unspecified atom stereocenters. The van der Waals surface area contributed by atoms with Crippen molar-refractivity contribution < 1.29 is 18.3 Å². The quantitative estimate of drug-likeness (QED) is 0.507. The number of nitrogens with two attached hydrogens (primary N) is 1. The van der Waals surface area contributed by atoms with E-state index < -0.39 is 11.8 Å². The highest BCUT2D eigenvalue weighted by atomic mass is 19.1. The van der Waals surface area contributed by atoms with E-state index in [2.05, 4.69) is 4.98 Å². The summed E-state index contributed by atoms with van der Waals surface area (Å²) in [6.45, 7) is 1.85. The Balaban J connectivity index is 1.79. The third-order valence-corrected chi connectivity index (χ3v) is 5.65. The van der Waals surface area contributed by atoms with Gasteiger partial charge >= 0.3 is 5.97 Å². The van der Waals surface area contributed by atoms with Crippen LogP contribution in [0.1, 0.15) is 54.9 Å². The second kappa shape index (κ2) is 7.81. The lowest BCUT2D eigenvalue weighted by Crippen LogP contribution is -2.12. The summed E-state index contributed by atoms with van der Waals surface area (Å²) < 4.78 is 25.2. The number of carbonyl (C=O) groups is 1. The standard InChI is InChI=1S/C22H23FN2O4/c1-2-28-22(27)16-10-15-19(26)14-9-13(8-7-12-5-3-4-6-12)17(23)11-18(14)29-21(15)25-20(16)24/h9-12H,2-8H2,1H3,(H2,24,25). The molecule has 6 nitrogen and oxygen atoms in total. The molecule has 152 valence electrons. The first-order chi connectivity index (χ1) is 14.0. The lowest BCUT2D eigenvalue weighted by molar-refractivity contribution is 0.0527. The second-order valence-corrected chi connectivity index (χ2v) is 7.55. The van der Waals surface area contributed by atoms with Crippen molar-refractivity contribution in [3.8, 4) is 0 Å². The first-order valence-corrected chi connectivity index (χ1v) is 10.0. The van der Waals surface area contributed by atoms with E-state index in [4.69, 9.17) is 14.9 Å². The van der Waals surface area contributed by atoms with Crippen molar-refractivity contribution in [2.24, 2.45) is 5.92 Å². The number of anilines is 1. The maximum absolute atomic E-state index is 14.6. The number of halogens is 1. The van der Waals surface area contributed by atoms with E-state index in [0.29, 0.717) is 17.9 Å². The molecule has 2 N–H and O–H groups in total. The number of nitrogen functional groups attached to an aromatic ring is 1. The number of esters is 1. The average Bonchev–Trinajstić information content (AvgIpc) is 3.20. The fraction of sp³-hybridized carbons (Fsp3) is 0.409. The molecule has 0 aliphatic heterocycles. The monoisotopic (exact) mass is 398 g/mol. The van der Waals surface area contributed by atoms with Gasteiger partial charge in [-0.05, 0) is 43.4 Å². The van der Waals surface area contributed by atoms with Gasteiger partial charge in [0.25, 0.3) is 0 Å². The molecule has 29 heavy (non-hydrogen) atoms. The summed E-state index contributed by atoms with van der Waals surface area (Å²) in [6.07, 6.45) is 6.33. The Kier molecular flexibility index (Phi) is 5.22. The summed E-state index contributed by atoms with van der Waals surface area (Å²) in [5.41, 5.74) is 6.03. The molecule has 0 spiro atoms. The van der Waals surface area contributed by atoms with Gasteiger partial charge in [0.15, 0.2) is 0 Å². The van der Waals surface area contributed by atoms with Crippen LogP contribution in [0.2, 0.25) is 0 Å². The molecule has 4 rings (SSSR count). The second-order valence-electron chi connectivity index (χ2n) is 7.55. The Labute approximate surface area is 166 Å². The largest absolute Gasteiger partial charge is 0.462 e. The zero-order valence-corrected chi connectivity index (χ0v) is 16.3. The molecular weight excluding hydrogens is 375 g/mol. The number of aromatic nitrogens is 1. The van der Waals surface area contributed by atoms with E-state index in [0.717, 1.165) is 6.42 Å². The summed E-state index contributed by atoms with van der Waals surface area (Å²) in [5.74, 6) is -0.533. The van der Waals surface area contributed by atoms with Gasteiger partial charge in [-0.3, -0.25) is 4.79 Å². The third-order valence-electron chi connectivity index (χ3n) is 5.65. The first kappa shape index (κ1) is 19.4. The van der Waals surface area contributed by atoms with Gasteiger partial charge in [0.1, 0.15) is 22.8 Å². The molecule has 1 saturated carbocycles. The highest BCUT2D eigenvalue weighted by Crippen LogP contribution is 2.30. The number of carbonyl (C=O) groups excluding carboxylic acids is 1. The lowest BCUT2D eigenvalue weighted by Gasteiger charge is -2.11. The van der Waals surface area contributed by atoms with Crippen LogP contribution in [0.4, 0.5) is 10.2 Å². The normalized spacial score (nSPS) is 14.7. The molecule has 1 aromatic carbocycles. The number of hydrogen-bond acceptors (Lipinski definition) is 6. The molecule has 2 heterocycles. The number of aryl methyl sites for hydroxylation is 1. The minimum Gasteiger partial charge on any atom is -0.462 e. The number of pyridine rings is 1. The number of nitrogens with zero attached hydrogens (tertiary/aromatic N) is 1. The molecule has 0 amide bonds. The van der Waals surface area contributed by atoms with Crippen molar-refractivity contribution in [1.29, 1.82) is 0 Å². The van der Waals surface area contributed by atoms with Crippen LogP contribution < -0.4 is 11.2 Å². The van der Waals surface area contributed by atoms with Crippen molar-refractivity contribution >= 4 is 33.9 Å². The van der Waals surface area contributed by atoms with E-state index in [1.165, 1.54) is 37.8 Å². The Bertz CT molecular complexity index is 1150. The fourth-order valence-electron chi connectivity index (χ4n) is 4.08. The van der Waals surface area contributed by atoms with Crippen molar-refractivity contribution in [3.63, 3.8) is 0 Å². The van der Waals surface area contributed by atoms with Crippen molar-refractivity contribution in [1.82, 2.24) is 4.98 Å². The topological polar surface area (TPSA) is 95.4 Å². The third kappa shape index (κ3) is 3.69. The van der Waals surface area contributed by atoms with Crippen molar-refractivity contribution in [2.45, 2.75) is 45.4 Å². The lowest BCUT2D eigenvalue weighted by atomic mass is 9.97. The van der Waals surface area contributed by atoms with Gasteiger partial charge in [-0.15, -0.1) is 0 Å². The van der Waals surface area contributed by atoms with Crippen LogP contribution in [-0.2, 0) is 11.2 Å². The first-order valence-electron chi connectivity index (χ1n) is 10.0. The highest BCUT2D eigenvalue weighted by molar-refractivity contribution is 5.99. The fourth-order valence-corrected chi connectivity index (χ4v) is 4.08. The zero-order chi connectivity index (χ0) is 20.5. The minimum atomic E-state index is -0.657. The van der Waals surface area contributed by atoms with E-state index in [-0.39, 0.29) is 45.5 Å². The van der Waals surface area contributed by atoms with Crippen molar-refractivity contribution in [3.05, 3.63) is 45.4 Å². The maximum Gasteiger partial charge on any atom is 0.341 e. The van der Waals surface area contributed by atoms with Crippen LogP contribution in [0.25, 0.3) is 22.1 Å². The zero-order valence-electron chi connectivity index (χ0n) is 16.3. The molecule has 7 heteroatoms. The number of benzene rings is 1. The maximum atomic E-state index is 14.6. The number of ether oxygens (including phenoxy) is 1. The Morgan fingerprint density at radius 3 is 2.76 bits per heavy atom. The summed E-state index contributed by atoms with van der Waals surface area (Å²) in [7, 11) is 0. The molecule has 0 atom stereocenters. The van der Waals surface area contributed by atoms with E-state index in [1.807, 2.05) is 0 Å². The van der Waals surface area contributed by atoms with Gasteiger partial charge in [-0.2, -0.15) is 4.98 Å². The Morgan fingerprint density at radius 1 is 1.28 bits per heavy atom. The minimum absolute atomic E-state index is 0.00886. The van der Waals surface area contributed by atoms with Crippen LogP contribution in [0, 0.1) is 11.7 Å². The van der Waals surface area contributed by atoms with Gasteiger partial charge in [0.2, 0.25) is 11.1 Å². The number of rotatable bonds is 5. The molecule has 0 radical (unpaired) electrons. The average molecular weight is 398 g/mol. The predicted octanol–water partition coefficient (Wildman–Crippen LogP) is 4.36. The molecule has 1 aliphatic rings. The van der Waals surface area contributed by atoms with E-state index in [9.17, 15) is 14.0 Å². The molecule has 3 aromatic rings. The van der Waals surface area contributed by atoms with Gasteiger partial charge in [-0.25, -0.2) is 9.18 Å². The van der Waals surface area contributed by atoms with Crippen LogP contribution in [0.5, 0.6) is 0 Å². The summed E-state index contributed by atoms with van der Waals surface area (Å²) in [6, 6.07) is 4.13. The van der Waals surface area contributed by atoms with Gasteiger partial charge in [0.05, 0.1) is 17.4 Å². The van der Waals surface area contributed by atoms with Crippen LogP contribution in [-0.4, -0.2) is 17.6 Å². The van der Waals surface area contributed by atoms with E-state index in [1.54, 1.807) is 13.0 Å². The molecule has 1 aliphatic carbocycles. The van der Waals surface area contributed by atoms with Gasteiger partial charge < -0.3 is 14.9 Å².